The molecule has 6 heteroatoms. The van der Waals surface area contributed by atoms with Gasteiger partial charge in [-0.2, -0.15) is 0 Å². The summed E-state index contributed by atoms with van der Waals surface area (Å²) < 4.78 is 4.69. The molecule has 98 valence electrons. The summed E-state index contributed by atoms with van der Waals surface area (Å²) in [4.78, 5) is 33.7. The van der Waals surface area contributed by atoms with E-state index in [-0.39, 0.29) is 31.3 Å². The third-order valence-electron chi connectivity index (χ3n) is 1.95. The minimum atomic E-state index is -1.000. The molecule has 0 aliphatic carbocycles. The fourth-order valence-electron chi connectivity index (χ4n) is 1.23. The van der Waals surface area contributed by atoms with E-state index in [1.807, 2.05) is 13.8 Å². The summed E-state index contributed by atoms with van der Waals surface area (Å²) in [5.74, 6) is -1.42. The van der Waals surface area contributed by atoms with Crippen LogP contribution in [0.5, 0.6) is 0 Å². The molecule has 0 spiro atoms. The van der Waals surface area contributed by atoms with E-state index in [2.05, 4.69) is 10.1 Å². The molecule has 6 nitrogen and oxygen atoms in total. The zero-order valence-corrected chi connectivity index (χ0v) is 10.5. The number of primary amides is 1. The predicted molar refractivity (Wildman–Crippen MR) is 61.8 cm³/mol. The van der Waals surface area contributed by atoms with Crippen LogP contribution in [-0.4, -0.2) is 30.4 Å². The monoisotopic (exact) mass is 244 g/mol. The largest absolute Gasteiger partial charge is 0.466 e. The van der Waals surface area contributed by atoms with Crippen molar-refractivity contribution in [2.24, 2.45) is 11.7 Å². The van der Waals surface area contributed by atoms with Crippen molar-refractivity contribution in [3.05, 3.63) is 0 Å². The molecule has 0 bridgehead atoms. The normalized spacial score (nSPS) is 12.0. The standard InChI is InChI=1S/C11H20N2O4/c1-4-17-10(15)6-8(11(12)16)13-9(14)5-7(2)3/h7-8H,4-6H2,1-3H3,(H2,12,16)(H,13,14)/t8-/m1/s1. The first kappa shape index (κ1) is 15.4. The summed E-state index contributed by atoms with van der Waals surface area (Å²) in [6.07, 6.45) is 0.0552. The van der Waals surface area contributed by atoms with Gasteiger partial charge in [0, 0.05) is 6.42 Å². The molecule has 3 N–H and O–H groups in total. The Bertz CT molecular complexity index is 289. The number of esters is 1. The summed E-state index contributed by atoms with van der Waals surface area (Å²) in [5, 5.41) is 2.42. The number of ether oxygens (including phenoxy) is 1. The summed E-state index contributed by atoms with van der Waals surface area (Å²) in [5.41, 5.74) is 5.10. The van der Waals surface area contributed by atoms with Crippen LogP contribution in [0.25, 0.3) is 0 Å². The molecule has 0 rings (SSSR count). The topological polar surface area (TPSA) is 98.5 Å². The van der Waals surface area contributed by atoms with Crippen LogP contribution < -0.4 is 11.1 Å². The Kier molecular flexibility index (Phi) is 6.93. The average molecular weight is 244 g/mol. The fraction of sp³-hybridized carbons (Fsp3) is 0.727. The molecule has 0 aromatic rings. The molecule has 0 unspecified atom stereocenters. The number of nitrogens with one attached hydrogen (secondary N) is 1. The van der Waals surface area contributed by atoms with Crippen LogP contribution in [-0.2, 0) is 19.1 Å². The highest BCUT2D eigenvalue weighted by molar-refractivity contribution is 5.90. The second kappa shape index (κ2) is 7.65. The van der Waals surface area contributed by atoms with Gasteiger partial charge in [-0.3, -0.25) is 14.4 Å². The maximum Gasteiger partial charge on any atom is 0.308 e. The van der Waals surface area contributed by atoms with Gasteiger partial charge in [0.15, 0.2) is 0 Å². The molecular formula is C11H20N2O4. The van der Waals surface area contributed by atoms with Crippen LogP contribution in [0.15, 0.2) is 0 Å². The quantitative estimate of drug-likeness (QED) is 0.614. The van der Waals surface area contributed by atoms with E-state index in [0.29, 0.717) is 0 Å². The van der Waals surface area contributed by atoms with E-state index in [0.717, 1.165) is 0 Å². The zero-order chi connectivity index (χ0) is 13.4. The molecule has 0 heterocycles. The van der Waals surface area contributed by atoms with Gasteiger partial charge in [-0.05, 0) is 12.8 Å². The molecule has 0 aromatic heterocycles. The van der Waals surface area contributed by atoms with Gasteiger partial charge >= 0.3 is 5.97 Å². The van der Waals surface area contributed by atoms with E-state index in [1.165, 1.54) is 0 Å². The number of amides is 2. The molecule has 2 amide bonds. The van der Waals surface area contributed by atoms with Crippen molar-refractivity contribution in [3.8, 4) is 0 Å². The van der Waals surface area contributed by atoms with Gasteiger partial charge in [-0.1, -0.05) is 13.8 Å². The lowest BCUT2D eigenvalue weighted by molar-refractivity contribution is -0.145. The lowest BCUT2D eigenvalue weighted by Crippen LogP contribution is -2.46. The van der Waals surface area contributed by atoms with Crippen molar-refractivity contribution in [3.63, 3.8) is 0 Å². The van der Waals surface area contributed by atoms with Crippen molar-refractivity contribution < 1.29 is 19.1 Å². The van der Waals surface area contributed by atoms with Crippen molar-refractivity contribution in [1.29, 1.82) is 0 Å². The maximum atomic E-state index is 11.4. The second-order valence-corrected chi connectivity index (χ2v) is 4.13. The first-order chi connectivity index (χ1) is 7.86. The molecular weight excluding hydrogens is 224 g/mol. The molecule has 0 aliphatic heterocycles. The van der Waals surface area contributed by atoms with E-state index >= 15 is 0 Å². The molecule has 0 saturated carbocycles. The van der Waals surface area contributed by atoms with Crippen LogP contribution in [0, 0.1) is 5.92 Å². The predicted octanol–water partition coefficient (Wildman–Crippen LogP) is -0.0442. The van der Waals surface area contributed by atoms with Crippen LogP contribution in [0.4, 0.5) is 0 Å². The van der Waals surface area contributed by atoms with Gasteiger partial charge in [0.25, 0.3) is 0 Å². The number of carbonyl (C=O) groups is 3. The Morgan fingerprint density at radius 2 is 1.82 bits per heavy atom. The zero-order valence-electron chi connectivity index (χ0n) is 10.5. The Morgan fingerprint density at radius 1 is 1.24 bits per heavy atom. The van der Waals surface area contributed by atoms with Gasteiger partial charge in [0.2, 0.25) is 11.8 Å². The number of hydrogen-bond acceptors (Lipinski definition) is 4. The van der Waals surface area contributed by atoms with Crippen molar-refractivity contribution in [2.45, 2.75) is 39.7 Å². The van der Waals surface area contributed by atoms with Gasteiger partial charge in [0.1, 0.15) is 6.04 Å². The smallest absolute Gasteiger partial charge is 0.308 e. The highest BCUT2D eigenvalue weighted by Crippen LogP contribution is 2.01. The minimum absolute atomic E-state index is 0.172. The SMILES string of the molecule is CCOC(=O)C[C@@H](NC(=O)CC(C)C)C(N)=O. The highest BCUT2D eigenvalue weighted by atomic mass is 16.5. The number of hydrogen-bond donors (Lipinski definition) is 2. The fourth-order valence-corrected chi connectivity index (χ4v) is 1.23. The molecule has 1 atom stereocenters. The van der Waals surface area contributed by atoms with Gasteiger partial charge in [-0.25, -0.2) is 0 Å². The highest BCUT2D eigenvalue weighted by Gasteiger charge is 2.22. The molecule has 0 aromatic carbocycles. The Labute approximate surface area is 101 Å². The van der Waals surface area contributed by atoms with Crippen LogP contribution in [0.2, 0.25) is 0 Å². The third-order valence-corrected chi connectivity index (χ3v) is 1.95. The summed E-state index contributed by atoms with van der Waals surface area (Å²) in [6, 6.07) is -1.000. The molecule has 0 radical (unpaired) electrons. The van der Waals surface area contributed by atoms with E-state index in [4.69, 9.17) is 5.73 Å². The van der Waals surface area contributed by atoms with Crippen LogP contribution >= 0.6 is 0 Å². The van der Waals surface area contributed by atoms with E-state index in [9.17, 15) is 14.4 Å². The lowest BCUT2D eigenvalue weighted by atomic mass is 10.1. The van der Waals surface area contributed by atoms with Crippen LogP contribution in [0.1, 0.15) is 33.6 Å². The van der Waals surface area contributed by atoms with E-state index < -0.39 is 17.9 Å². The van der Waals surface area contributed by atoms with Crippen molar-refractivity contribution in [2.75, 3.05) is 6.61 Å². The summed E-state index contributed by atoms with van der Waals surface area (Å²) in [7, 11) is 0. The Morgan fingerprint density at radius 3 is 2.24 bits per heavy atom. The molecule has 0 aliphatic rings. The van der Waals surface area contributed by atoms with Gasteiger partial charge in [0.05, 0.1) is 13.0 Å². The first-order valence-corrected chi connectivity index (χ1v) is 5.61. The van der Waals surface area contributed by atoms with Crippen molar-refractivity contribution in [1.82, 2.24) is 5.32 Å². The summed E-state index contributed by atoms with van der Waals surface area (Å²) >= 11 is 0. The lowest BCUT2D eigenvalue weighted by Gasteiger charge is -2.15. The second-order valence-electron chi connectivity index (χ2n) is 4.13. The number of rotatable bonds is 7. The van der Waals surface area contributed by atoms with Crippen LogP contribution in [0.3, 0.4) is 0 Å². The average Bonchev–Trinajstić information content (AvgIpc) is 2.15. The number of nitrogens with two attached hydrogens (primary N) is 1. The Balaban J connectivity index is 4.29. The Hall–Kier alpha value is -1.59. The maximum absolute atomic E-state index is 11.4. The molecule has 0 fully saturated rings. The van der Waals surface area contributed by atoms with Gasteiger partial charge in [-0.15, -0.1) is 0 Å². The van der Waals surface area contributed by atoms with Gasteiger partial charge < -0.3 is 15.8 Å². The summed E-state index contributed by atoms with van der Waals surface area (Å²) in [6.45, 7) is 5.65. The first-order valence-electron chi connectivity index (χ1n) is 5.61. The minimum Gasteiger partial charge on any atom is -0.466 e. The molecule has 17 heavy (non-hydrogen) atoms. The number of carbonyl (C=O) groups excluding carboxylic acids is 3. The third kappa shape index (κ3) is 7.32. The van der Waals surface area contributed by atoms with Crippen molar-refractivity contribution >= 4 is 17.8 Å². The van der Waals surface area contributed by atoms with E-state index in [1.54, 1.807) is 6.92 Å². The molecule has 0 saturated heterocycles.